The molecule has 9 heterocycles. The Morgan fingerprint density at radius 1 is 0.611 bits per heavy atom. The molecule has 472 valence electrons. The molecule has 0 saturated carbocycles. The summed E-state index contributed by atoms with van der Waals surface area (Å²) < 4.78 is 56.4. The van der Waals surface area contributed by atoms with Crippen LogP contribution in [0.1, 0.15) is 117 Å². The van der Waals surface area contributed by atoms with Crippen molar-refractivity contribution in [1.29, 1.82) is 0 Å². The average Bonchev–Trinajstić information content (AvgIpc) is 1.56. The molecule has 0 amide bonds. The topological polar surface area (TPSA) is 182 Å². The molecule has 4 aromatic carbocycles. The van der Waals surface area contributed by atoms with Gasteiger partial charge in [0.15, 0.2) is 57.6 Å². The van der Waals surface area contributed by atoms with Crippen molar-refractivity contribution in [1.82, 2.24) is 15.1 Å². The summed E-state index contributed by atoms with van der Waals surface area (Å²) in [5, 5.41) is 3.37. The van der Waals surface area contributed by atoms with Gasteiger partial charge in [0.25, 0.3) is 0 Å². The number of Topliss-reactive ketones (excluding diaryl/α,β-unsaturated/α-hetero) is 2. The number of esters is 2. The Morgan fingerprint density at radius 2 is 1.12 bits per heavy atom. The number of carbonyl (C=O) groups excluding carboxylic acids is 4. The van der Waals surface area contributed by atoms with Crippen LogP contribution in [0.5, 0.6) is 46.0 Å². The molecule has 1 N–H and O–H groups in total. The maximum atomic E-state index is 13.0. The first-order valence-corrected chi connectivity index (χ1v) is 34.9. The Balaban J connectivity index is 0.000000112. The van der Waals surface area contributed by atoms with Crippen molar-refractivity contribution in [2.24, 2.45) is 0 Å². The number of benzene rings is 4. The first-order valence-electron chi connectivity index (χ1n) is 31.2. The van der Waals surface area contributed by atoms with Crippen molar-refractivity contribution in [2.75, 3.05) is 80.3 Å². The molecule has 0 saturated heterocycles. The Bertz CT molecular complexity index is 3920. The minimum absolute atomic E-state index is 0. The number of carbonyl (C=O) groups is 4. The highest BCUT2D eigenvalue weighted by molar-refractivity contribution is 6.76. The van der Waals surface area contributed by atoms with E-state index in [0.717, 1.165) is 169 Å². The molecule has 0 radical (unpaired) electrons. The molecule has 1 unspecified atom stereocenters. The third-order valence-electron chi connectivity index (χ3n) is 19.5. The second kappa shape index (κ2) is 23.7. The van der Waals surface area contributed by atoms with E-state index in [-0.39, 0.29) is 39.4 Å². The van der Waals surface area contributed by atoms with Crippen LogP contribution in [0.4, 0.5) is 0 Å². The Kier molecular flexibility index (Phi) is 16.0. The minimum atomic E-state index is -1.24. The maximum Gasteiger partial charge on any atom is 0.336 e. The Labute approximate surface area is 527 Å². The van der Waals surface area contributed by atoms with Crippen LogP contribution >= 0.6 is 0 Å². The van der Waals surface area contributed by atoms with Crippen LogP contribution in [0.15, 0.2) is 82.2 Å². The fourth-order valence-electron chi connectivity index (χ4n) is 15.5. The van der Waals surface area contributed by atoms with Gasteiger partial charge < -0.3 is 57.6 Å². The monoisotopic (exact) mass is 1240 g/mol. The van der Waals surface area contributed by atoms with Crippen molar-refractivity contribution in [2.45, 2.75) is 124 Å². The van der Waals surface area contributed by atoms with Crippen molar-refractivity contribution in [3.63, 3.8) is 0 Å². The Morgan fingerprint density at radius 3 is 1.72 bits per heavy atom. The quantitative estimate of drug-likeness (QED) is 0.0881. The highest BCUT2D eigenvalue weighted by atomic mass is 28.3. The van der Waals surface area contributed by atoms with Crippen molar-refractivity contribution < 1.29 is 71.1 Å². The first-order chi connectivity index (χ1) is 43.0. The Hall–Kier alpha value is -8.42. The van der Waals surface area contributed by atoms with E-state index in [4.69, 9.17) is 47.4 Å². The lowest BCUT2D eigenvalue weighted by Gasteiger charge is -2.38. The smallest absolute Gasteiger partial charge is 0.336 e. The molecule has 1 spiro atoms. The highest BCUT2D eigenvalue weighted by Crippen LogP contribution is 2.57. The molecular weight excluding hydrogens is 1160 g/mol. The summed E-state index contributed by atoms with van der Waals surface area (Å²) in [6.07, 6.45) is 11.6. The largest absolute Gasteiger partial charge is 0.466 e. The highest BCUT2D eigenvalue weighted by Gasteiger charge is 2.58. The summed E-state index contributed by atoms with van der Waals surface area (Å²) in [6, 6.07) is 17.8. The number of methoxy groups -OCH3 is 2. The lowest BCUT2D eigenvalue weighted by molar-refractivity contribution is -0.495. The number of allylic oxidation sites excluding steroid dienone is 6. The van der Waals surface area contributed by atoms with Gasteiger partial charge in [0.2, 0.25) is 27.2 Å². The lowest BCUT2D eigenvalue weighted by Crippen LogP contribution is -2.47. The first kappa shape index (κ1) is 60.5. The predicted molar refractivity (Wildman–Crippen MR) is 342 cm³/mol. The molecule has 0 aromatic heterocycles. The number of ketones is 2. The van der Waals surface area contributed by atoms with Gasteiger partial charge in [-0.15, -0.1) is 5.57 Å². The van der Waals surface area contributed by atoms with E-state index in [1.165, 1.54) is 70.5 Å². The van der Waals surface area contributed by atoms with Crippen molar-refractivity contribution >= 4 is 60.6 Å². The molecule has 0 bridgehead atoms. The van der Waals surface area contributed by atoms with Crippen LogP contribution in [0.3, 0.4) is 0 Å². The van der Waals surface area contributed by atoms with Gasteiger partial charge in [-0.05, 0) is 146 Å². The normalized spacial score (nSPS) is 21.4. The van der Waals surface area contributed by atoms with Crippen LogP contribution in [0, 0.1) is 6.04 Å². The molecular formula is C71H80N4O14Si. The summed E-state index contributed by atoms with van der Waals surface area (Å²) >= 11 is 0. The van der Waals surface area contributed by atoms with E-state index in [9.17, 15) is 19.2 Å². The van der Waals surface area contributed by atoms with E-state index in [1.807, 2.05) is 24.3 Å². The molecule has 4 aromatic rings. The van der Waals surface area contributed by atoms with Gasteiger partial charge >= 0.3 is 11.9 Å². The molecule has 90 heavy (non-hydrogen) atoms. The fraction of sp³-hybridized carbons (Fsp3) is 0.437. The summed E-state index contributed by atoms with van der Waals surface area (Å²) in [5.41, 5.74) is 18.8. The van der Waals surface area contributed by atoms with Crippen LogP contribution < -0.4 is 43.2 Å². The number of hydrogen-bond acceptors (Lipinski definition) is 17. The maximum absolute atomic E-state index is 13.0. The van der Waals surface area contributed by atoms with Crippen molar-refractivity contribution in [3.05, 3.63) is 133 Å². The number of nitrogens with one attached hydrogen (secondary N) is 1. The molecule has 4 aliphatic carbocycles. The van der Waals surface area contributed by atoms with Crippen LogP contribution in [-0.4, -0.2) is 138 Å². The number of nitrogens with zero attached hydrogens (tertiary/aromatic N) is 3. The average molecular weight is 1240 g/mol. The van der Waals surface area contributed by atoms with E-state index < -0.39 is 25.6 Å². The number of ether oxygens (including phenoxy) is 10. The van der Waals surface area contributed by atoms with Gasteiger partial charge in [0, 0.05) is 74.1 Å². The zero-order valence-electron chi connectivity index (χ0n) is 51.9. The van der Waals surface area contributed by atoms with Gasteiger partial charge in [0.05, 0.1) is 45.7 Å². The number of rotatable bonds is 4. The van der Waals surface area contributed by atoms with Gasteiger partial charge in [-0.3, -0.25) is 19.1 Å². The molecule has 18 nitrogen and oxygen atoms in total. The third kappa shape index (κ3) is 10.5. The zero-order chi connectivity index (χ0) is 61.6. The predicted octanol–water partition coefficient (Wildman–Crippen LogP) is 10.5. The van der Waals surface area contributed by atoms with Crippen LogP contribution in [0.25, 0.3) is 22.3 Å². The van der Waals surface area contributed by atoms with Gasteiger partial charge in [0.1, 0.15) is 12.6 Å². The van der Waals surface area contributed by atoms with E-state index in [2.05, 4.69) is 84.2 Å². The SMILES string of the molecule is C.C=[N+]1CCc2cc3c(cc2C2=C(C)CC[C-]21)OCO3.COC(=O)C1=C(C(=O)OC)C23CCC(C)=C2c2cc4c(cc2CCN3C1)OCO4.C[Si](C)(C)CN1CCc2cc3c(cc2C2=C1CCC2=O)OCO3.O=C1CCC2=C1c1cc3c(cc1CCN2)OCO3. The summed E-state index contributed by atoms with van der Waals surface area (Å²) in [6.45, 7) is 20.7. The number of hydrogen-bond donors (Lipinski definition) is 1. The summed E-state index contributed by atoms with van der Waals surface area (Å²) in [7, 11) is 1.47. The zero-order valence-corrected chi connectivity index (χ0v) is 52.9. The molecule has 0 fully saturated rings. The summed E-state index contributed by atoms with van der Waals surface area (Å²) in [4.78, 5) is 54.9. The minimum Gasteiger partial charge on any atom is -0.466 e. The molecule has 19 heteroatoms. The second-order valence-electron chi connectivity index (χ2n) is 26.0. The molecule has 17 rings (SSSR count). The lowest BCUT2D eigenvalue weighted by atomic mass is 9.78. The third-order valence-corrected chi connectivity index (χ3v) is 20.8. The van der Waals surface area contributed by atoms with E-state index in [0.29, 0.717) is 49.6 Å². The van der Waals surface area contributed by atoms with Gasteiger partial charge in [-0.25, -0.2) is 9.59 Å². The second-order valence-corrected chi connectivity index (χ2v) is 31.5. The molecule has 13 aliphatic rings. The van der Waals surface area contributed by atoms with Crippen molar-refractivity contribution in [3.8, 4) is 46.0 Å². The fourth-order valence-corrected chi connectivity index (χ4v) is 17.0. The van der Waals surface area contributed by atoms with Gasteiger partial charge in [-0.2, -0.15) is 0 Å². The standard InChI is InChI=1S/C22H23NO6.C18H23NO3Si.C16H17NO2.C14H13NO3.CH4/c1-12-4-6-22-18(12)14-9-17-16(28-11-29-17)8-13(14)5-7-23(22)10-15(20(24)26-2)19(22)21(25)27-3;1-23(2,3)10-19-7-6-12-8-16-17(22-11-21-16)9-13(12)18-14(19)4-5-15(18)20;1-10-3-4-13-16(10)12-8-15-14(18-9-19-15)7-11(12)5-6-17(13)2;16-11-2-1-10-14(11)9-6-13-12(17-7-18-13)5-8(9)3-4-15-10;/h8-9H,4-7,10-11H2,1-3H3;8-9H,4-7,10-11H2,1-3H3;7-8H,2-6,9H2,1H3;5-6,15H,1-4,7H2;1H4. The van der Waals surface area contributed by atoms with Crippen LogP contribution in [0.2, 0.25) is 19.6 Å². The number of fused-ring (bicyclic) bond motifs is 13. The van der Waals surface area contributed by atoms with Crippen LogP contribution in [-0.2, 0) is 54.3 Å². The molecule has 1 atom stereocenters. The van der Waals surface area contributed by atoms with E-state index >= 15 is 0 Å². The van der Waals surface area contributed by atoms with E-state index in [1.54, 1.807) is 0 Å². The summed E-state index contributed by atoms with van der Waals surface area (Å²) in [5.74, 6) is 5.95. The molecule has 9 aliphatic heterocycles. The van der Waals surface area contributed by atoms with Gasteiger partial charge in [-0.1, -0.05) is 62.7 Å².